The van der Waals surface area contributed by atoms with Gasteiger partial charge in [-0.2, -0.15) is 0 Å². The quantitative estimate of drug-likeness (QED) is 0.899. The molecule has 0 aliphatic carbocycles. The fourth-order valence-corrected chi connectivity index (χ4v) is 3.24. The van der Waals surface area contributed by atoms with Crippen LogP contribution in [-0.4, -0.2) is 30.4 Å². The lowest BCUT2D eigenvalue weighted by atomic mass is 9.82. The van der Waals surface area contributed by atoms with Crippen LogP contribution in [0, 0.1) is 5.92 Å². The Morgan fingerprint density at radius 1 is 1.38 bits per heavy atom. The zero-order chi connectivity index (χ0) is 14.9. The summed E-state index contributed by atoms with van der Waals surface area (Å²) in [5.41, 5.74) is 0.608. The molecule has 2 heterocycles. The Morgan fingerprint density at radius 2 is 2.14 bits per heavy atom. The van der Waals surface area contributed by atoms with E-state index in [0.29, 0.717) is 18.9 Å². The lowest BCUT2D eigenvalue weighted by molar-refractivity contribution is -0.0349. The van der Waals surface area contributed by atoms with Crippen molar-refractivity contribution in [2.75, 3.05) is 19.7 Å². The molecule has 0 saturated carbocycles. The van der Waals surface area contributed by atoms with Gasteiger partial charge in [0.15, 0.2) is 0 Å². The van der Waals surface area contributed by atoms with Crippen molar-refractivity contribution in [1.29, 1.82) is 0 Å². The summed E-state index contributed by atoms with van der Waals surface area (Å²) in [7, 11) is 0. The van der Waals surface area contributed by atoms with E-state index in [0.717, 1.165) is 43.0 Å². The number of hydrogen-bond acceptors (Lipinski definition) is 4. The van der Waals surface area contributed by atoms with Crippen LogP contribution in [0.25, 0.3) is 0 Å². The summed E-state index contributed by atoms with van der Waals surface area (Å²) in [6.07, 6.45) is 2.04. The molecule has 2 N–H and O–H groups in total. The van der Waals surface area contributed by atoms with E-state index in [1.54, 1.807) is 0 Å². The number of ether oxygens (including phenoxy) is 2. The van der Waals surface area contributed by atoms with E-state index in [1.165, 1.54) is 0 Å². The highest BCUT2D eigenvalue weighted by Gasteiger charge is 2.42. The van der Waals surface area contributed by atoms with Crippen molar-refractivity contribution in [3.8, 4) is 11.5 Å². The molecule has 1 aromatic rings. The van der Waals surface area contributed by atoms with Gasteiger partial charge in [-0.15, -0.1) is 0 Å². The lowest BCUT2D eigenvalue weighted by Gasteiger charge is -2.43. The molecule has 1 saturated heterocycles. The Hall–Kier alpha value is -1.26. The van der Waals surface area contributed by atoms with Crippen molar-refractivity contribution in [3.63, 3.8) is 0 Å². The summed E-state index contributed by atoms with van der Waals surface area (Å²) in [6.45, 7) is 6.79. The van der Waals surface area contributed by atoms with Crippen molar-refractivity contribution in [3.05, 3.63) is 23.8 Å². The minimum Gasteiger partial charge on any atom is -0.493 e. The summed E-state index contributed by atoms with van der Waals surface area (Å²) in [5, 5.41) is 14.0. The molecule has 21 heavy (non-hydrogen) atoms. The number of piperidine rings is 1. The topological polar surface area (TPSA) is 50.7 Å². The largest absolute Gasteiger partial charge is 0.493 e. The summed E-state index contributed by atoms with van der Waals surface area (Å²) in [6, 6.07) is 5.82. The fraction of sp³-hybridized carbons (Fsp3) is 0.647. The zero-order valence-corrected chi connectivity index (χ0v) is 12.9. The van der Waals surface area contributed by atoms with Crippen molar-refractivity contribution in [1.82, 2.24) is 5.32 Å². The van der Waals surface area contributed by atoms with Crippen molar-refractivity contribution in [2.24, 2.45) is 5.92 Å². The van der Waals surface area contributed by atoms with Gasteiger partial charge in [0.1, 0.15) is 17.1 Å². The van der Waals surface area contributed by atoms with Crippen LogP contribution in [0.1, 0.15) is 44.8 Å². The summed E-state index contributed by atoms with van der Waals surface area (Å²) in [5.74, 6) is 2.01. The highest BCUT2D eigenvalue weighted by atomic mass is 16.5. The first-order valence-corrected chi connectivity index (χ1v) is 7.93. The van der Waals surface area contributed by atoms with Gasteiger partial charge < -0.3 is 19.9 Å². The Labute approximate surface area is 126 Å². The maximum Gasteiger partial charge on any atom is 0.129 e. The Morgan fingerprint density at radius 3 is 2.86 bits per heavy atom. The van der Waals surface area contributed by atoms with Crippen LogP contribution < -0.4 is 14.8 Å². The van der Waals surface area contributed by atoms with Gasteiger partial charge in [-0.3, -0.25) is 0 Å². The number of aliphatic hydroxyl groups is 1. The molecule has 1 aromatic carbocycles. The van der Waals surface area contributed by atoms with E-state index >= 15 is 0 Å². The van der Waals surface area contributed by atoms with E-state index < -0.39 is 6.10 Å². The fourth-order valence-electron chi connectivity index (χ4n) is 3.24. The molecule has 1 atom stereocenters. The highest BCUT2D eigenvalue weighted by molar-refractivity contribution is 5.48. The second-order valence-electron chi connectivity index (χ2n) is 6.63. The highest BCUT2D eigenvalue weighted by Crippen LogP contribution is 2.47. The van der Waals surface area contributed by atoms with Gasteiger partial charge in [0.05, 0.1) is 18.3 Å². The molecule has 4 heteroatoms. The number of hydrogen-bond donors (Lipinski definition) is 2. The van der Waals surface area contributed by atoms with E-state index in [4.69, 9.17) is 9.47 Å². The molecule has 0 radical (unpaired) electrons. The molecule has 1 unspecified atom stereocenters. The predicted molar refractivity (Wildman–Crippen MR) is 81.8 cm³/mol. The zero-order valence-electron chi connectivity index (χ0n) is 12.9. The number of nitrogens with one attached hydrogen (secondary N) is 1. The van der Waals surface area contributed by atoms with Crippen LogP contribution in [0.2, 0.25) is 0 Å². The van der Waals surface area contributed by atoms with Gasteiger partial charge in [-0.1, -0.05) is 19.9 Å². The van der Waals surface area contributed by atoms with Gasteiger partial charge in [-0.25, -0.2) is 0 Å². The van der Waals surface area contributed by atoms with E-state index in [1.807, 2.05) is 18.2 Å². The first kappa shape index (κ1) is 14.7. The minimum atomic E-state index is -0.504. The first-order chi connectivity index (χ1) is 10.1. The third kappa shape index (κ3) is 3.01. The second-order valence-corrected chi connectivity index (χ2v) is 6.63. The van der Waals surface area contributed by atoms with E-state index in [2.05, 4.69) is 19.2 Å². The molecule has 0 aromatic heterocycles. The standard InChI is InChI=1S/C17H25NO3/c1-12(2)11-20-14-4-3-5-15-16(14)13(19)10-17(21-15)6-8-18-9-7-17/h3-5,12-13,18-19H,6-11H2,1-2H3. The molecule has 2 aliphatic heterocycles. The van der Waals surface area contributed by atoms with Crippen molar-refractivity contribution >= 4 is 0 Å². The molecule has 0 bridgehead atoms. The molecule has 0 amide bonds. The second kappa shape index (κ2) is 5.85. The summed E-state index contributed by atoms with van der Waals surface area (Å²) < 4.78 is 12.2. The first-order valence-electron chi connectivity index (χ1n) is 7.93. The maximum absolute atomic E-state index is 10.6. The Balaban J connectivity index is 1.86. The molecule has 2 aliphatic rings. The van der Waals surface area contributed by atoms with Crippen LogP contribution in [0.3, 0.4) is 0 Å². The molecule has 1 fully saturated rings. The van der Waals surface area contributed by atoms with Crippen molar-refractivity contribution in [2.45, 2.75) is 44.8 Å². The average Bonchev–Trinajstić information content (AvgIpc) is 2.45. The number of fused-ring (bicyclic) bond motifs is 1. The molecule has 4 nitrogen and oxygen atoms in total. The van der Waals surface area contributed by atoms with Crippen LogP contribution >= 0.6 is 0 Å². The normalized spacial score (nSPS) is 23.7. The van der Waals surface area contributed by atoms with Crippen LogP contribution in [0.5, 0.6) is 11.5 Å². The molecule has 116 valence electrons. The Kier molecular flexibility index (Phi) is 4.09. The molecular formula is C17H25NO3. The number of rotatable bonds is 3. The van der Waals surface area contributed by atoms with E-state index in [9.17, 15) is 5.11 Å². The van der Waals surface area contributed by atoms with Gasteiger partial charge >= 0.3 is 0 Å². The van der Waals surface area contributed by atoms with Crippen LogP contribution in [0.15, 0.2) is 18.2 Å². The Bertz CT molecular complexity index is 495. The third-order valence-corrected chi connectivity index (χ3v) is 4.34. The minimum absolute atomic E-state index is 0.214. The summed E-state index contributed by atoms with van der Waals surface area (Å²) in [4.78, 5) is 0. The van der Waals surface area contributed by atoms with Crippen molar-refractivity contribution < 1.29 is 14.6 Å². The predicted octanol–water partition coefficient (Wildman–Crippen LogP) is 2.66. The molecule has 1 spiro atoms. The van der Waals surface area contributed by atoms with Gasteiger partial charge in [-0.05, 0) is 44.0 Å². The third-order valence-electron chi connectivity index (χ3n) is 4.34. The summed E-state index contributed by atoms with van der Waals surface area (Å²) >= 11 is 0. The van der Waals surface area contributed by atoms with Crippen LogP contribution in [-0.2, 0) is 0 Å². The molecule has 3 rings (SSSR count). The number of aliphatic hydroxyl groups excluding tert-OH is 1. The van der Waals surface area contributed by atoms with E-state index in [-0.39, 0.29) is 5.60 Å². The lowest BCUT2D eigenvalue weighted by Crippen LogP contribution is -2.49. The maximum atomic E-state index is 10.6. The van der Waals surface area contributed by atoms with Gasteiger partial charge in [0, 0.05) is 6.42 Å². The average molecular weight is 291 g/mol. The van der Waals surface area contributed by atoms with Crippen LogP contribution in [0.4, 0.5) is 0 Å². The van der Waals surface area contributed by atoms with Gasteiger partial charge in [0.2, 0.25) is 0 Å². The van der Waals surface area contributed by atoms with Gasteiger partial charge in [0.25, 0.3) is 0 Å². The monoisotopic (exact) mass is 291 g/mol. The smallest absolute Gasteiger partial charge is 0.129 e. The SMILES string of the molecule is CC(C)COc1cccc2c1C(O)CC1(CCNCC1)O2. The molecular weight excluding hydrogens is 266 g/mol. The number of benzene rings is 1.